The highest BCUT2D eigenvalue weighted by atomic mass is 32.2. The highest BCUT2D eigenvalue weighted by Crippen LogP contribution is 2.23. The predicted molar refractivity (Wildman–Crippen MR) is 88.7 cm³/mol. The second-order valence-electron chi connectivity index (χ2n) is 5.11. The van der Waals surface area contributed by atoms with E-state index in [1.807, 2.05) is 6.07 Å². The number of hydrogen-bond acceptors (Lipinski definition) is 4. The summed E-state index contributed by atoms with van der Waals surface area (Å²) in [5.74, 6) is -0.374. The fraction of sp³-hybridized carbons (Fsp3) is 0.235. The van der Waals surface area contributed by atoms with E-state index in [1.54, 1.807) is 49.4 Å². The molecule has 2 aromatic rings. The lowest BCUT2D eigenvalue weighted by Crippen LogP contribution is -2.22. The number of ether oxygens (including phenoxy) is 1. The maximum atomic E-state index is 12.1. The Bertz CT molecular complexity index is 796. The van der Waals surface area contributed by atoms with E-state index in [1.165, 1.54) is 18.4 Å². The van der Waals surface area contributed by atoms with Gasteiger partial charge in [-0.2, -0.15) is 0 Å². The molecule has 0 aliphatic carbocycles. The monoisotopic (exact) mass is 333 g/mol. The average molecular weight is 333 g/mol. The van der Waals surface area contributed by atoms with Gasteiger partial charge >= 0.3 is 5.97 Å². The Morgan fingerprint density at radius 1 is 1.04 bits per heavy atom. The average Bonchev–Trinajstić information content (AvgIpc) is 2.55. The van der Waals surface area contributed by atoms with Crippen LogP contribution in [0.4, 0.5) is 0 Å². The van der Waals surface area contributed by atoms with E-state index in [-0.39, 0.29) is 10.9 Å². The molecule has 0 aliphatic rings. The molecule has 0 aliphatic heterocycles. The lowest BCUT2D eigenvalue weighted by Gasteiger charge is -2.12. The van der Waals surface area contributed by atoms with Crippen LogP contribution in [0.3, 0.4) is 0 Å². The maximum Gasteiger partial charge on any atom is 0.338 e. The molecule has 0 amide bonds. The SMILES string of the molecule is CCOC(=O)c1cccc(-c2ccc(S(=O)(=O)N(C)C)cc2)c1. The van der Waals surface area contributed by atoms with Crippen molar-refractivity contribution in [2.24, 2.45) is 0 Å². The molecule has 0 saturated carbocycles. The van der Waals surface area contributed by atoms with Crippen molar-refractivity contribution in [1.82, 2.24) is 4.31 Å². The van der Waals surface area contributed by atoms with Crippen molar-refractivity contribution in [3.63, 3.8) is 0 Å². The van der Waals surface area contributed by atoms with Crippen LogP contribution in [0.15, 0.2) is 53.4 Å². The zero-order valence-electron chi connectivity index (χ0n) is 13.3. The van der Waals surface area contributed by atoms with Crippen molar-refractivity contribution in [2.75, 3.05) is 20.7 Å². The van der Waals surface area contributed by atoms with Crippen LogP contribution in [-0.4, -0.2) is 39.4 Å². The third-order valence-electron chi connectivity index (χ3n) is 3.34. The molecule has 0 heterocycles. The van der Waals surface area contributed by atoms with Gasteiger partial charge in [-0.05, 0) is 42.3 Å². The second kappa shape index (κ2) is 6.93. The summed E-state index contributed by atoms with van der Waals surface area (Å²) in [6.07, 6.45) is 0. The summed E-state index contributed by atoms with van der Waals surface area (Å²) in [5.41, 5.74) is 2.12. The molecule has 0 saturated heterocycles. The first-order valence-electron chi connectivity index (χ1n) is 7.16. The summed E-state index contributed by atoms with van der Waals surface area (Å²) in [6.45, 7) is 2.08. The molecule has 0 N–H and O–H groups in total. The van der Waals surface area contributed by atoms with Crippen molar-refractivity contribution < 1.29 is 17.9 Å². The number of hydrogen-bond donors (Lipinski definition) is 0. The zero-order chi connectivity index (χ0) is 17.0. The quantitative estimate of drug-likeness (QED) is 0.789. The molecule has 0 unspecified atom stereocenters. The summed E-state index contributed by atoms with van der Waals surface area (Å²) < 4.78 is 30.3. The highest BCUT2D eigenvalue weighted by molar-refractivity contribution is 7.89. The van der Waals surface area contributed by atoms with E-state index in [0.717, 1.165) is 11.1 Å². The predicted octanol–water partition coefficient (Wildman–Crippen LogP) is 2.78. The molecule has 0 radical (unpaired) electrons. The molecule has 2 rings (SSSR count). The Balaban J connectivity index is 2.34. The summed E-state index contributed by atoms with van der Waals surface area (Å²) in [5, 5.41) is 0. The van der Waals surface area contributed by atoms with Gasteiger partial charge in [0.1, 0.15) is 0 Å². The van der Waals surface area contributed by atoms with Crippen molar-refractivity contribution in [3.8, 4) is 11.1 Å². The van der Waals surface area contributed by atoms with Gasteiger partial charge in [-0.1, -0.05) is 24.3 Å². The molecule has 23 heavy (non-hydrogen) atoms. The van der Waals surface area contributed by atoms with Crippen molar-refractivity contribution in [2.45, 2.75) is 11.8 Å². The van der Waals surface area contributed by atoms with E-state index in [9.17, 15) is 13.2 Å². The first-order valence-corrected chi connectivity index (χ1v) is 8.60. The lowest BCUT2D eigenvalue weighted by atomic mass is 10.0. The highest BCUT2D eigenvalue weighted by Gasteiger charge is 2.16. The zero-order valence-corrected chi connectivity index (χ0v) is 14.1. The van der Waals surface area contributed by atoms with E-state index < -0.39 is 10.0 Å². The van der Waals surface area contributed by atoms with Gasteiger partial charge in [0.15, 0.2) is 0 Å². The molecular weight excluding hydrogens is 314 g/mol. The Kier molecular flexibility index (Phi) is 5.18. The number of benzene rings is 2. The van der Waals surface area contributed by atoms with Crippen LogP contribution in [0.2, 0.25) is 0 Å². The minimum Gasteiger partial charge on any atom is -0.462 e. The van der Waals surface area contributed by atoms with Crippen molar-refractivity contribution >= 4 is 16.0 Å². The minimum atomic E-state index is -3.45. The summed E-state index contributed by atoms with van der Waals surface area (Å²) in [7, 11) is -0.461. The molecule has 0 aromatic heterocycles. The van der Waals surface area contributed by atoms with Crippen molar-refractivity contribution in [1.29, 1.82) is 0 Å². The van der Waals surface area contributed by atoms with E-state index in [4.69, 9.17) is 4.74 Å². The Morgan fingerprint density at radius 2 is 1.70 bits per heavy atom. The van der Waals surface area contributed by atoms with Gasteiger partial charge in [0.2, 0.25) is 10.0 Å². The molecule has 0 atom stereocenters. The number of carbonyl (C=O) groups excluding carboxylic acids is 1. The van der Waals surface area contributed by atoms with Crippen LogP contribution >= 0.6 is 0 Å². The van der Waals surface area contributed by atoms with Crippen LogP contribution in [0.25, 0.3) is 11.1 Å². The molecular formula is C17H19NO4S. The van der Waals surface area contributed by atoms with Gasteiger partial charge in [0, 0.05) is 14.1 Å². The Hall–Kier alpha value is -2.18. The number of carbonyl (C=O) groups is 1. The van der Waals surface area contributed by atoms with Gasteiger partial charge in [-0.25, -0.2) is 17.5 Å². The smallest absolute Gasteiger partial charge is 0.338 e. The maximum absolute atomic E-state index is 12.1. The van der Waals surface area contributed by atoms with Crippen LogP contribution < -0.4 is 0 Å². The number of rotatable bonds is 5. The minimum absolute atomic E-state index is 0.229. The molecule has 0 spiro atoms. The van der Waals surface area contributed by atoms with Crippen LogP contribution in [-0.2, 0) is 14.8 Å². The largest absolute Gasteiger partial charge is 0.462 e. The summed E-state index contributed by atoms with van der Waals surface area (Å²) in [4.78, 5) is 12.0. The summed E-state index contributed by atoms with van der Waals surface area (Å²) >= 11 is 0. The third kappa shape index (κ3) is 3.78. The molecule has 122 valence electrons. The lowest BCUT2D eigenvalue weighted by molar-refractivity contribution is 0.0526. The van der Waals surface area contributed by atoms with Gasteiger partial charge in [-0.3, -0.25) is 0 Å². The van der Waals surface area contributed by atoms with Crippen LogP contribution in [0, 0.1) is 0 Å². The topological polar surface area (TPSA) is 63.7 Å². The van der Waals surface area contributed by atoms with Gasteiger partial charge in [-0.15, -0.1) is 0 Å². The first kappa shape index (κ1) is 17.2. The fourth-order valence-corrected chi connectivity index (χ4v) is 2.97. The van der Waals surface area contributed by atoms with Gasteiger partial charge in [0.05, 0.1) is 17.1 Å². The molecule has 6 heteroatoms. The second-order valence-corrected chi connectivity index (χ2v) is 7.26. The summed E-state index contributed by atoms with van der Waals surface area (Å²) in [6, 6.07) is 13.6. The normalized spacial score (nSPS) is 11.5. The molecule has 0 bridgehead atoms. The Morgan fingerprint density at radius 3 is 2.26 bits per heavy atom. The van der Waals surface area contributed by atoms with E-state index >= 15 is 0 Å². The molecule has 5 nitrogen and oxygen atoms in total. The van der Waals surface area contributed by atoms with Crippen LogP contribution in [0.5, 0.6) is 0 Å². The number of esters is 1. The van der Waals surface area contributed by atoms with Gasteiger partial charge < -0.3 is 4.74 Å². The standard InChI is InChI=1S/C17H19NO4S/c1-4-22-17(19)15-7-5-6-14(12-15)13-8-10-16(11-9-13)23(20,21)18(2)3/h5-12H,4H2,1-3H3. The Labute approximate surface area is 136 Å². The van der Waals surface area contributed by atoms with E-state index in [0.29, 0.717) is 12.2 Å². The number of sulfonamides is 1. The fourth-order valence-electron chi connectivity index (χ4n) is 2.07. The van der Waals surface area contributed by atoms with Crippen LogP contribution in [0.1, 0.15) is 17.3 Å². The number of nitrogens with zero attached hydrogens (tertiary/aromatic N) is 1. The first-order chi connectivity index (χ1) is 10.9. The molecule has 2 aromatic carbocycles. The molecule has 0 fully saturated rings. The van der Waals surface area contributed by atoms with E-state index in [2.05, 4.69) is 0 Å². The van der Waals surface area contributed by atoms with Gasteiger partial charge in [0.25, 0.3) is 0 Å². The van der Waals surface area contributed by atoms with Crippen molar-refractivity contribution in [3.05, 3.63) is 54.1 Å². The third-order valence-corrected chi connectivity index (χ3v) is 5.17.